The second-order valence-corrected chi connectivity index (χ2v) is 5.54. The molecular weight excluding hydrogens is 246 g/mol. The van der Waals surface area contributed by atoms with E-state index in [1.807, 2.05) is 31.2 Å². The Labute approximate surface area is 121 Å². The number of rotatable bonds is 5. The molecule has 106 valence electrons. The summed E-state index contributed by atoms with van der Waals surface area (Å²) >= 11 is 0. The molecule has 0 amide bonds. The molecule has 1 atom stereocenters. The highest BCUT2D eigenvalue weighted by molar-refractivity contribution is 5.29. The van der Waals surface area contributed by atoms with E-state index in [0.717, 1.165) is 11.3 Å². The number of hydrogen-bond acceptors (Lipinski definition) is 2. The lowest BCUT2D eigenvalue weighted by molar-refractivity contribution is 0.306. The molecule has 0 heterocycles. The Balaban J connectivity index is 1.94. The van der Waals surface area contributed by atoms with Crippen LogP contribution in [0.15, 0.2) is 48.5 Å². The van der Waals surface area contributed by atoms with E-state index in [4.69, 9.17) is 10.5 Å². The van der Waals surface area contributed by atoms with Gasteiger partial charge in [-0.1, -0.05) is 50.2 Å². The number of benzene rings is 2. The maximum absolute atomic E-state index is 5.83. The standard InChI is InChI=1S/C18H23NO/c1-13(2)16-6-4-15(5-7-16)12-20-18-10-8-17(9-11-18)14(3)19/h4-11,13-14H,12,19H2,1-3H3. The topological polar surface area (TPSA) is 35.2 Å². The van der Waals surface area contributed by atoms with Gasteiger partial charge in [0.25, 0.3) is 0 Å². The summed E-state index contributed by atoms with van der Waals surface area (Å²) in [6, 6.07) is 16.6. The van der Waals surface area contributed by atoms with E-state index in [2.05, 4.69) is 38.1 Å². The first-order valence-corrected chi connectivity index (χ1v) is 7.13. The van der Waals surface area contributed by atoms with E-state index in [-0.39, 0.29) is 6.04 Å². The Morgan fingerprint density at radius 2 is 1.40 bits per heavy atom. The van der Waals surface area contributed by atoms with Crippen molar-refractivity contribution in [3.05, 3.63) is 65.2 Å². The van der Waals surface area contributed by atoms with Crippen LogP contribution in [0.4, 0.5) is 0 Å². The monoisotopic (exact) mass is 269 g/mol. The normalized spacial score (nSPS) is 12.4. The van der Waals surface area contributed by atoms with Crippen LogP contribution in [-0.2, 0) is 6.61 Å². The summed E-state index contributed by atoms with van der Waals surface area (Å²) in [5.41, 5.74) is 9.49. The summed E-state index contributed by atoms with van der Waals surface area (Å²) in [6.45, 7) is 6.97. The van der Waals surface area contributed by atoms with Gasteiger partial charge in [-0.2, -0.15) is 0 Å². The first-order chi connectivity index (χ1) is 9.56. The van der Waals surface area contributed by atoms with Crippen molar-refractivity contribution in [1.29, 1.82) is 0 Å². The lowest BCUT2D eigenvalue weighted by Crippen LogP contribution is -2.04. The SMILES string of the molecule is CC(C)c1ccc(COc2ccc(C(C)N)cc2)cc1. The fourth-order valence-electron chi connectivity index (χ4n) is 2.03. The molecule has 2 heteroatoms. The third kappa shape index (κ3) is 3.84. The number of ether oxygens (including phenoxy) is 1. The second-order valence-electron chi connectivity index (χ2n) is 5.54. The van der Waals surface area contributed by atoms with Gasteiger partial charge in [0.15, 0.2) is 0 Å². The highest BCUT2D eigenvalue weighted by atomic mass is 16.5. The third-order valence-corrected chi connectivity index (χ3v) is 3.46. The Kier molecular flexibility index (Phi) is 4.80. The van der Waals surface area contributed by atoms with Gasteiger partial charge in [-0.25, -0.2) is 0 Å². The van der Waals surface area contributed by atoms with Crippen LogP contribution in [0.3, 0.4) is 0 Å². The summed E-state index contributed by atoms with van der Waals surface area (Å²) in [7, 11) is 0. The molecule has 0 spiro atoms. The fraction of sp³-hybridized carbons (Fsp3) is 0.333. The molecule has 2 N–H and O–H groups in total. The average Bonchev–Trinajstić information content (AvgIpc) is 2.46. The molecule has 0 saturated carbocycles. The van der Waals surface area contributed by atoms with E-state index >= 15 is 0 Å². The number of hydrogen-bond donors (Lipinski definition) is 1. The van der Waals surface area contributed by atoms with Gasteiger partial charge in [0, 0.05) is 6.04 Å². The Morgan fingerprint density at radius 3 is 1.90 bits per heavy atom. The third-order valence-electron chi connectivity index (χ3n) is 3.46. The molecule has 0 aromatic heterocycles. The van der Waals surface area contributed by atoms with Crippen LogP contribution in [0, 0.1) is 0 Å². The first kappa shape index (κ1) is 14.6. The van der Waals surface area contributed by atoms with Gasteiger partial charge in [-0.05, 0) is 41.7 Å². The molecule has 2 nitrogen and oxygen atoms in total. The first-order valence-electron chi connectivity index (χ1n) is 7.13. The van der Waals surface area contributed by atoms with Crippen molar-refractivity contribution in [2.24, 2.45) is 5.73 Å². The Morgan fingerprint density at radius 1 is 0.850 bits per heavy atom. The number of nitrogens with two attached hydrogens (primary N) is 1. The molecule has 2 aromatic rings. The van der Waals surface area contributed by atoms with Crippen LogP contribution in [0.5, 0.6) is 5.75 Å². The minimum Gasteiger partial charge on any atom is -0.489 e. The molecule has 2 rings (SSSR count). The average molecular weight is 269 g/mol. The van der Waals surface area contributed by atoms with Crippen LogP contribution in [-0.4, -0.2) is 0 Å². The molecule has 1 unspecified atom stereocenters. The van der Waals surface area contributed by atoms with E-state index in [1.165, 1.54) is 11.1 Å². The molecule has 0 fully saturated rings. The van der Waals surface area contributed by atoms with Gasteiger partial charge >= 0.3 is 0 Å². The molecule has 0 radical (unpaired) electrons. The zero-order valence-corrected chi connectivity index (χ0v) is 12.5. The molecule has 0 saturated heterocycles. The highest BCUT2D eigenvalue weighted by Gasteiger charge is 2.01. The van der Waals surface area contributed by atoms with E-state index in [1.54, 1.807) is 0 Å². The summed E-state index contributed by atoms with van der Waals surface area (Å²) in [5.74, 6) is 1.44. The maximum atomic E-state index is 5.83. The molecule has 0 aliphatic heterocycles. The fourth-order valence-corrected chi connectivity index (χ4v) is 2.03. The van der Waals surface area contributed by atoms with Crippen molar-refractivity contribution < 1.29 is 4.74 Å². The van der Waals surface area contributed by atoms with Gasteiger partial charge in [-0.15, -0.1) is 0 Å². The summed E-state index contributed by atoms with van der Waals surface area (Å²) in [4.78, 5) is 0. The summed E-state index contributed by atoms with van der Waals surface area (Å²) < 4.78 is 5.79. The largest absolute Gasteiger partial charge is 0.489 e. The van der Waals surface area contributed by atoms with Crippen molar-refractivity contribution in [2.75, 3.05) is 0 Å². The van der Waals surface area contributed by atoms with Crippen LogP contribution >= 0.6 is 0 Å². The Bertz CT molecular complexity index is 475. The van der Waals surface area contributed by atoms with Gasteiger partial charge in [0.05, 0.1) is 0 Å². The van der Waals surface area contributed by atoms with E-state index in [0.29, 0.717) is 12.5 Å². The summed E-state index contributed by atoms with van der Waals surface area (Å²) in [5, 5.41) is 0. The van der Waals surface area contributed by atoms with Gasteiger partial charge in [0.2, 0.25) is 0 Å². The predicted octanol–water partition coefficient (Wildman–Crippen LogP) is 4.41. The molecular formula is C18H23NO. The molecule has 0 aliphatic carbocycles. The minimum atomic E-state index is 0.0626. The Hall–Kier alpha value is -1.80. The van der Waals surface area contributed by atoms with Gasteiger partial charge in [-0.3, -0.25) is 0 Å². The zero-order chi connectivity index (χ0) is 14.5. The molecule has 20 heavy (non-hydrogen) atoms. The van der Waals surface area contributed by atoms with Crippen molar-refractivity contribution >= 4 is 0 Å². The van der Waals surface area contributed by atoms with Crippen molar-refractivity contribution in [1.82, 2.24) is 0 Å². The van der Waals surface area contributed by atoms with Crippen molar-refractivity contribution in [3.63, 3.8) is 0 Å². The lowest BCUT2D eigenvalue weighted by atomic mass is 10.0. The maximum Gasteiger partial charge on any atom is 0.119 e. The summed E-state index contributed by atoms with van der Waals surface area (Å²) in [6.07, 6.45) is 0. The van der Waals surface area contributed by atoms with Crippen LogP contribution in [0.25, 0.3) is 0 Å². The second kappa shape index (κ2) is 6.58. The molecule has 0 bridgehead atoms. The lowest BCUT2D eigenvalue weighted by Gasteiger charge is -2.10. The van der Waals surface area contributed by atoms with Crippen LogP contribution in [0.2, 0.25) is 0 Å². The van der Waals surface area contributed by atoms with Crippen molar-refractivity contribution in [2.45, 2.75) is 39.3 Å². The highest BCUT2D eigenvalue weighted by Crippen LogP contribution is 2.18. The van der Waals surface area contributed by atoms with Gasteiger partial charge in [0.1, 0.15) is 12.4 Å². The molecule has 2 aromatic carbocycles. The predicted molar refractivity (Wildman–Crippen MR) is 83.9 cm³/mol. The zero-order valence-electron chi connectivity index (χ0n) is 12.5. The smallest absolute Gasteiger partial charge is 0.119 e. The minimum absolute atomic E-state index is 0.0626. The molecule has 0 aliphatic rings. The van der Waals surface area contributed by atoms with E-state index in [9.17, 15) is 0 Å². The van der Waals surface area contributed by atoms with Crippen LogP contribution in [0.1, 0.15) is 49.4 Å². The van der Waals surface area contributed by atoms with E-state index < -0.39 is 0 Å². The van der Waals surface area contributed by atoms with Crippen molar-refractivity contribution in [3.8, 4) is 5.75 Å². The quantitative estimate of drug-likeness (QED) is 0.872. The van der Waals surface area contributed by atoms with Gasteiger partial charge < -0.3 is 10.5 Å². The van der Waals surface area contributed by atoms with Crippen LogP contribution < -0.4 is 10.5 Å².